The SMILES string of the molecule is Cc1nc(SCC(C(N)=NO)c2ccccc2)n[nH]1. The summed E-state index contributed by atoms with van der Waals surface area (Å²) in [7, 11) is 0. The number of nitrogens with two attached hydrogens (primary N) is 1. The molecule has 0 bridgehead atoms. The lowest BCUT2D eigenvalue weighted by Crippen LogP contribution is -2.23. The number of hydrogen-bond acceptors (Lipinski definition) is 5. The van der Waals surface area contributed by atoms with Crippen LogP contribution in [-0.2, 0) is 0 Å². The van der Waals surface area contributed by atoms with Gasteiger partial charge in [0.15, 0.2) is 0 Å². The number of H-pyrrole nitrogens is 1. The normalized spacial score (nSPS) is 13.4. The van der Waals surface area contributed by atoms with Gasteiger partial charge in [-0.15, -0.1) is 5.10 Å². The lowest BCUT2D eigenvalue weighted by molar-refractivity contribution is 0.316. The Labute approximate surface area is 115 Å². The van der Waals surface area contributed by atoms with Crippen LogP contribution in [0.15, 0.2) is 40.6 Å². The number of benzene rings is 1. The highest BCUT2D eigenvalue weighted by atomic mass is 32.2. The third kappa shape index (κ3) is 3.47. The minimum atomic E-state index is -0.171. The summed E-state index contributed by atoms with van der Waals surface area (Å²) < 4.78 is 0. The number of nitrogens with zero attached hydrogens (tertiary/aromatic N) is 3. The van der Waals surface area contributed by atoms with Gasteiger partial charge in [0.05, 0.1) is 5.92 Å². The van der Waals surface area contributed by atoms with Gasteiger partial charge in [-0.2, -0.15) is 0 Å². The third-order valence-corrected chi connectivity index (χ3v) is 3.57. The first-order valence-corrected chi connectivity index (χ1v) is 6.73. The first-order chi connectivity index (χ1) is 9.20. The Morgan fingerprint density at radius 1 is 1.47 bits per heavy atom. The quantitative estimate of drug-likeness (QED) is 0.254. The average molecular weight is 277 g/mol. The number of aromatic amines is 1. The molecule has 100 valence electrons. The molecule has 1 aromatic carbocycles. The van der Waals surface area contributed by atoms with E-state index in [1.54, 1.807) is 0 Å². The first kappa shape index (κ1) is 13.4. The molecule has 1 unspecified atom stereocenters. The molecule has 7 heteroatoms. The lowest BCUT2D eigenvalue weighted by Gasteiger charge is -2.14. The molecule has 0 saturated carbocycles. The molecule has 4 N–H and O–H groups in total. The zero-order valence-corrected chi connectivity index (χ0v) is 11.3. The Morgan fingerprint density at radius 3 is 2.79 bits per heavy atom. The van der Waals surface area contributed by atoms with Gasteiger partial charge in [-0.05, 0) is 12.5 Å². The maximum absolute atomic E-state index is 8.88. The fourth-order valence-corrected chi connectivity index (χ4v) is 2.64. The van der Waals surface area contributed by atoms with Crippen LogP contribution in [0.3, 0.4) is 0 Å². The molecule has 0 aliphatic heterocycles. The molecule has 19 heavy (non-hydrogen) atoms. The van der Waals surface area contributed by atoms with Crippen molar-refractivity contribution in [1.82, 2.24) is 15.2 Å². The second kappa shape index (κ2) is 6.24. The van der Waals surface area contributed by atoms with E-state index in [1.165, 1.54) is 11.8 Å². The van der Waals surface area contributed by atoms with Gasteiger partial charge in [0.1, 0.15) is 11.7 Å². The summed E-state index contributed by atoms with van der Waals surface area (Å²) >= 11 is 1.46. The molecule has 0 amide bonds. The van der Waals surface area contributed by atoms with Crippen LogP contribution in [0.4, 0.5) is 0 Å². The molecule has 0 radical (unpaired) electrons. The number of hydrogen-bond donors (Lipinski definition) is 3. The molecule has 0 fully saturated rings. The molecule has 0 aliphatic rings. The van der Waals surface area contributed by atoms with Gasteiger partial charge in [0, 0.05) is 5.75 Å². The highest BCUT2D eigenvalue weighted by molar-refractivity contribution is 7.99. The van der Waals surface area contributed by atoms with Gasteiger partial charge in [0.25, 0.3) is 0 Å². The fraction of sp³-hybridized carbons (Fsp3) is 0.250. The minimum absolute atomic E-state index is 0.171. The predicted molar refractivity (Wildman–Crippen MR) is 74.4 cm³/mol. The van der Waals surface area contributed by atoms with Gasteiger partial charge >= 0.3 is 0 Å². The standard InChI is InChI=1S/C12H15N5OS/c1-8-14-12(16-15-8)19-7-10(11(13)17-18)9-5-3-2-4-6-9/h2-6,10,18H,7H2,1H3,(H2,13,17)(H,14,15,16). The largest absolute Gasteiger partial charge is 0.409 e. The van der Waals surface area contributed by atoms with Crippen molar-refractivity contribution in [2.45, 2.75) is 18.0 Å². The lowest BCUT2D eigenvalue weighted by atomic mass is 10.0. The van der Waals surface area contributed by atoms with E-state index in [0.29, 0.717) is 10.9 Å². The maximum atomic E-state index is 8.88. The van der Waals surface area contributed by atoms with Crippen LogP contribution in [0, 0.1) is 6.92 Å². The Kier molecular flexibility index (Phi) is 4.40. The highest BCUT2D eigenvalue weighted by Gasteiger charge is 2.17. The minimum Gasteiger partial charge on any atom is -0.409 e. The average Bonchev–Trinajstić information content (AvgIpc) is 2.85. The van der Waals surface area contributed by atoms with Crippen LogP contribution < -0.4 is 5.73 Å². The highest BCUT2D eigenvalue weighted by Crippen LogP contribution is 2.24. The molecule has 2 rings (SSSR count). The number of nitrogens with one attached hydrogen (secondary N) is 1. The van der Waals surface area contributed by atoms with Crippen LogP contribution >= 0.6 is 11.8 Å². The van der Waals surface area contributed by atoms with Crippen LogP contribution in [0.1, 0.15) is 17.3 Å². The van der Waals surface area contributed by atoms with Crippen molar-refractivity contribution < 1.29 is 5.21 Å². The molecular formula is C12H15N5OS. The van der Waals surface area contributed by atoms with Crippen LogP contribution in [0.5, 0.6) is 0 Å². The van der Waals surface area contributed by atoms with Crippen molar-refractivity contribution in [3.63, 3.8) is 0 Å². The van der Waals surface area contributed by atoms with Crippen molar-refractivity contribution in [2.75, 3.05) is 5.75 Å². The van der Waals surface area contributed by atoms with Crippen molar-refractivity contribution in [3.05, 3.63) is 41.7 Å². The van der Waals surface area contributed by atoms with E-state index >= 15 is 0 Å². The summed E-state index contributed by atoms with van der Waals surface area (Å²) in [6.45, 7) is 1.84. The topological polar surface area (TPSA) is 100 Å². The number of thioether (sulfide) groups is 1. The number of aromatic nitrogens is 3. The second-order valence-corrected chi connectivity index (χ2v) is 4.99. The number of amidine groups is 1. The van der Waals surface area contributed by atoms with Gasteiger partial charge in [-0.3, -0.25) is 5.10 Å². The van der Waals surface area contributed by atoms with Crippen molar-refractivity contribution in [1.29, 1.82) is 0 Å². The Bertz CT molecular complexity index is 554. The summed E-state index contributed by atoms with van der Waals surface area (Å²) in [5.74, 6) is 1.39. The Hall–Kier alpha value is -2.02. The van der Waals surface area contributed by atoms with Crippen molar-refractivity contribution in [2.24, 2.45) is 10.9 Å². The molecule has 1 atom stereocenters. The zero-order valence-electron chi connectivity index (χ0n) is 10.4. The van der Waals surface area contributed by atoms with Gasteiger partial charge < -0.3 is 10.9 Å². The van der Waals surface area contributed by atoms with Gasteiger partial charge in [-0.1, -0.05) is 47.2 Å². The summed E-state index contributed by atoms with van der Waals surface area (Å²) in [4.78, 5) is 4.21. The van der Waals surface area contributed by atoms with Crippen molar-refractivity contribution in [3.8, 4) is 0 Å². The first-order valence-electron chi connectivity index (χ1n) is 5.75. The molecule has 2 aromatic rings. The Morgan fingerprint density at radius 2 is 2.21 bits per heavy atom. The fourth-order valence-electron chi connectivity index (χ4n) is 1.65. The summed E-state index contributed by atoms with van der Waals surface area (Å²) in [5, 5.41) is 19.5. The molecule has 1 heterocycles. The number of oxime groups is 1. The monoisotopic (exact) mass is 277 g/mol. The van der Waals surface area contributed by atoms with E-state index in [-0.39, 0.29) is 11.8 Å². The maximum Gasteiger partial charge on any atom is 0.208 e. The second-order valence-electron chi connectivity index (χ2n) is 4.00. The van der Waals surface area contributed by atoms with E-state index in [1.807, 2.05) is 37.3 Å². The molecular weight excluding hydrogens is 262 g/mol. The van der Waals surface area contributed by atoms with Gasteiger partial charge in [-0.25, -0.2) is 4.98 Å². The van der Waals surface area contributed by atoms with Crippen molar-refractivity contribution >= 4 is 17.6 Å². The van der Waals surface area contributed by atoms with E-state index in [9.17, 15) is 0 Å². The Balaban J connectivity index is 2.11. The number of rotatable bonds is 5. The van der Waals surface area contributed by atoms with Crippen LogP contribution in [-0.4, -0.2) is 32.0 Å². The predicted octanol–water partition coefficient (Wildman–Crippen LogP) is 1.74. The smallest absolute Gasteiger partial charge is 0.208 e. The number of aryl methyl sites for hydroxylation is 1. The summed E-state index contributed by atoms with van der Waals surface area (Å²) in [6.07, 6.45) is 0. The molecule has 0 spiro atoms. The van der Waals surface area contributed by atoms with Crippen LogP contribution in [0.25, 0.3) is 0 Å². The van der Waals surface area contributed by atoms with E-state index < -0.39 is 0 Å². The summed E-state index contributed by atoms with van der Waals surface area (Å²) in [5.41, 5.74) is 6.75. The van der Waals surface area contributed by atoms with E-state index in [4.69, 9.17) is 10.9 Å². The molecule has 0 saturated heterocycles. The molecule has 6 nitrogen and oxygen atoms in total. The van der Waals surface area contributed by atoms with Gasteiger partial charge in [0.2, 0.25) is 5.16 Å². The van der Waals surface area contributed by atoms with E-state index in [2.05, 4.69) is 20.3 Å². The molecule has 1 aromatic heterocycles. The van der Waals surface area contributed by atoms with Crippen LogP contribution in [0.2, 0.25) is 0 Å². The zero-order chi connectivity index (χ0) is 13.7. The third-order valence-electron chi connectivity index (χ3n) is 2.63. The molecule has 0 aliphatic carbocycles. The van der Waals surface area contributed by atoms with E-state index in [0.717, 1.165) is 11.4 Å². The summed E-state index contributed by atoms with van der Waals surface area (Å²) in [6, 6.07) is 9.68.